The molecule has 1 atom stereocenters. The number of nitrogens with zero attached hydrogens (tertiary/aromatic N) is 4. The molecular weight excluding hydrogens is 362 g/mol. The van der Waals surface area contributed by atoms with E-state index >= 15 is 0 Å². The molecule has 156 valence electrons. The third kappa shape index (κ3) is 4.69. The summed E-state index contributed by atoms with van der Waals surface area (Å²) < 4.78 is 2.12. The van der Waals surface area contributed by atoms with Crippen LogP contribution in [0.2, 0.25) is 0 Å². The molecule has 1 fully saturated rings. The molecule has 0 spiro atoms. The highest BCUT2D eigenvalue weighted by Crippen LogP contribution is 2.27. The van der Waals surface area contributed by atoms with E-state index in [4.69, 9.17) is 5.10 Å². The summed E-state index contributed by atoms with van der Waals surface area (Å²) in [6.45, 7) is 7.98. The first-order valence-corrected chi connectivity index (χ1v) is 11.1. The predicted molar refractivity (Wildman–Crippen MR) is 114 cm³/mol. The number of aromatic nitrogens is 3. The molecule has 0 saturated carbocycles. The molecule has 2 aromatic heterocycles. The largest absolute Gasteiger partial charge is 0.337 e. The van der Waals surface area contributed by atoms with Crippen LogP contribution in [-0.2, 0) is 25.8 Å². The number of hydrogen-bond donors (Lipinski definition) is 1. The molecule has 1 aliphatic carbocycles. The van der Waals surface area contributed by atoms with Crippen molar-refractivity contribution in [3.63, 3.8) is 0 Å². The van der Waals surface area contributed by atoms with Crippen LogP contribution < -0.4 is 5.32 Å². The van der Waals surface area contributed by atoms with Crippen LogP contribution in [-0.4, -0.2) is 51.2 Å². The molecule has 1 N–H and O–H groups in total. The summed E-state index contributed by atoms with van der Waals surface area (Å²) in [4.78, 5) is 19.3. The standard InChI is InChI=1S/C23H33N5O/c1-17(2)16-28-21-8-7-19(25-11-9-18-6-5-10-24-15-18)14-20(21)22(26-28)23(29)27-12-3-4-13-27/h5-6,10,15,17,19,25H,3-4,7-9,11-14,16H2,1-2H3/t19-/m0/s1. The van der Waals surface area contributed by atoms with E-state index in [0.717, 1.165) is 64.7 Å². The second-order valence-corrected chi connectivity index (χ2v) is 8.85. The number of carbonyl (C=O) groups excluding carboxylic acids is 1. The Morgan fingerprint density at radius 1 is 1.31 bits per heavy atom. The number of rotatable bonds is 7. The zero-order valence-electron chi connectivity index (χ0n) is 17.7. The Morgan fingerprint density at radius 2 is 2.14 bits per heavy atom. The van der Waals surface area contributed by atoms with E-state index in [9.17, 15) is 4.79 Å². The summed E-state index contributed by atoms with van der Waals surface area (Å²) in [6, 6.07) is 4.51. The molecular formula is C23H33N5O. The van der Waals surface area contributed by atoms with Crippen LogP contribution in [0.25, 0.3) is 0 Å². The average Bonchev–Trinajstić information content (AvgIpc) is 3.37. The van der Waals surface area contributed by atoms with Gasteiger partial charge >= 0.3 is 0 Å². The summed E-state index contributed by atoms with van der Waals surface area (Å²) in [7, 11) is 0. The van der Waals surface area contributed by atoms with Crippen molar-refractivity contribution in [2.75, 3.05) is 19.6 Å². The van der Waals surface area contributed by atoms with Crippen molar-refractivity contribution in [1.29, 1.82) is 0 Å². The predicted octanol–water partition coefficient (Wildman–Crippen LogP) is 2.86. The van der Waals surface area contributed by atoms with Crippen LogP contribution in [0.4, 0.5) is 0 Å². The molecule has 0 bridgehead atoms. The number of hydrogen-bond acceptors (Lipinski definition) is 4. The second kappa shape index (κ2) is 9.08. The molecule has 1 amide bonds. The molecule has 2 aliphatic rings. The first-order chi connectivity index (χ1) is 14.1. The summed E-state index contributed by atoms with van der Waals surface area (Å²) in [5, 5.41) is 8.54. The van der Waals surface area contributed by atoms with Gasteiger partial charge in [-0.25, -0.2) is 0 Å². The summed E-state index contributed by atoms with van der Waals surface area (Å²) in [5.74, 6) is 0.654. The van der Waals surface area contributed by atoms with Crippen LogP contribution in [0.1, 0.15) is 60.4 Å². The number of amides is 1. The van der Waals surface area contributed by atoms with Gasteiger partial charge in [0.15, 0.2) is 5.69 Å². The lowest BCUT2D eigenvalue weighted by atomic mass is 9.90. The van der Waals surface area contributed by atoms with Crippen LogP contribution in [0.3, 0.4) is 0 Å². The first kappa shape index (κ1) is 20.1. The minimum absolute atomic E-state index is 0.136. The zero-order valence-corrected chi connectivity index (χ0v) is 17.7. The van der Waals surface area contributed by atoms with Crippen LogP contribution in [0.15, 0.2) is 24.5 Å². The molecule has 4 rings (SSSR count). The normalized spacial score (nSPS) is 19.0. The topological polar surface area (TPSA) is 63.1 Å². The van der Waals surface area contributed by atoms with Gasteiger partial charge in [0, 0.05) is 49.3 Å². The van der Waals surface area contributed by atoms with Gasteiger partial charge in [-0.15, -0.1) is 0 Å². The fourth-order valence-electron chi connectivity index (χ4n) is 4.57. The van der Waals surface area contributed by atoms with Crippen LogP contribution >= 0.6 is 0 Å². The SMILES string of the molecule is CC(C)Cn1nc(C(=O)N2CCCC2)c2c1CC[C@H](NCCc1cccnc1)C2. The van der Waals surface area contributed by atoms with Gasteiger partial charge in [-0.05, 0) is 62.6 Å². The Balaban J connectivity index is 1.47. The van der Waals surface area contributed by atoms with Gasteiger partial charge in [-0.2, -0.15) is 5.10 Å². The van der Waals surface area contributed by atoms with Crippen molar-refractivity contribution in [3.05, 3.63) is 47.0 Å². The van der Waals surface area contributed by atoms with Gasteiger partial charge in [-0.3, -0.25) is 14.5 Å². The molecule has 6 heteroatoms. The second-order valence-electron chi connectivity index (χ2n) is 8.85. The molecule has 0 radical (unpaired) electrons. The number of nitrogens with one attached hydrogen (secondary N) is 1. The van der Waals surface area contributed by atoms with E-state index in [0.29, 0.717) is 17.7 Å². The summed E-state index contributed by atoms with van der Waals surface area (Å²) >= 11 is 0. The summed E-state index contributed by atoms with van der Waals surface area (Å²) in [6.07, 6.45) is 9.93. The van der Waals surface area contributed by atoms with Gasteiger partial charge in [-0.1, -0.05) is 19.9 Å². The number of fused-ring (bicyclic) bond motifs is 1. The monoisotopic (exact) mass is 395 g/mol. The lowest BCUT2D eigenvalue weighted by molar-refractivity contribution is 0.0784. The number of carbonyl (C=O) groups is 1. The fraction of sp³-hybridized carbons (Fsp3) is 0.609. The van der Waals surface area contributed by atoms with Crippen molar-refractivity contribution in [2.24, 2.45) is 5.92 Å². The highest BCUT2D eigenvalue weighted by atomic mass is 16.2. The van der Waals surface area contributed by atoms with E-state index in [1.165, 1.54) is 16.8 Å². The van der Waals surface area contributed by atoms with Gasteiger partial charge in [0.25, 0.3) is 5.91 Å². The van der Waals surface area contributed by atoms with Crippen molar-refractivity contribution in [1.82, 2.24) is 25.0 Å². The van der Waals surface area contributed by atoms with E-state index in [1.54, 1.807) is 0 Å². The maximum Gasteiger partial charge on any atom is 0.274 e. The van der Waals surface area contributed by atoms with Crippen molar-refractivity contribution < 1.29 is 4.79 Å². The van der Waals surface area contributed by atoms with Crippen molar-refractivity contribution >= 4 is 5.91 Å². The van der Waals surface area contributed by atoms with Gasteiger partial charge in [0.1, 0.15) is 0 Å². The van der Waals surface area contributed by atoms with E-state index in [-0.39, 0.29) is 5.91 Å². The molecule has 0 aromatic carbocycles. The lowest BCUT2D eigenvalue weighted by Crippen LogP contribution is -2.37. The minimum Gasteiger partial charge on any atom is -0.337 e. The van der Waals surface area contributed by atoms with Crippen LogP contribution in [0, 0.1) is 5.92 Å². The lowest BCUT2D eigenvalue weighted by Gasteiger charge is -2.25. The number of likely N-dealkylation sites (tertiary alicyclic amines) is 1. The van der Waals surface area contributed by atoms with Crippen molar-refractivity contribution in [3.8, 4) is 0 Å². The molecule has 6 nitrogen and oxygen atoms in total. The Bertz CT molecular complexity index is 823. The number of pyridine rings is 1. The van der Waals surface area contributed by atoms with Gasteiger partial charge in [0.2, 0.25) is 0 Å². The van der Waals surface area contributed by atoms with E-state index < -0.39 is 0 Å². The zero-order chi connectivity index (χ0) is 20.2. The van der Waals surface area contributed by atoms with E-state index in [1.807, 2.05) is 23.4 Å². The maximum atomic E-state index is 13.1. The average molecular weight is 396 g/mol. The Morgan fingerprint density at radius 3 is 2.86 bits per heavy atom. The van der Waals surface area contributed by atoms with Gasteiger partial charge < -0.3 is 10.2 Å². The molecule has 29 heavy (non-hydrogen) atoms. The first-order valence-electron chi connectivity index (χ1n) is 11.1. The highest BCUT2D eigenvalue weighted by Gasteiger charge is 2.31. The summed E-state index contributed by atoms with van der Waals surface area (Å²) in [5.41, 5.74) is 4.44. The third-order valence-corrected chi connectivity index (χ3v) is 6.05. The molecule has 3 heterocycles. The van der Waals surface area contributed by atoms with E-state index in [2.05, 4.69) is 34.9 Å². The molecule has 0 unspecified atom stereocenters. The quantitative estimate of drug-likeness (QED) is 0.783. The molecule has 2 aromatic rings. The Hall–Kier alpha value is -2.21. The Kier molecular flexibility index (Phi) is 6.28. The molecule has 1 saturated heterocycles. The smallest absolute Gasteiger partial charge is 0.274 e. The van der Waals surface area contributed by atoms with Gasteiger partial charge in [0.05, 0.1) is 0 Å². The van der Waals surface area contributed by atoms with Crippen molar-refractivity contribution in [2.45, 2.75) is 65.0 Å². The Labute approximate surface area is 173 Å². The van der Waals surface area contributed by atoms with Crippen LogP contribution in [0.5, 0.6) is 0 Å². The fourth-order valence-corrected chi connectivity index (χ4v) is 4.57. The maximum absolute atomic E-state index is 13.1. The third-order valence-electron chi connectivity index (χ3n) is 6.05. The molecule has 1 aliphatic heterocycles. The highest BCUT2D eigenvalue weighted by molar-refractivity contribution is 5.94. The minimum atomic E-state index is 0.136.